The molecule has 1 heterocycles. The van der Waals surface area contributed by atoms with Crippen molar-refractivity contribution in [3.8, 4) is 0 Å². The van der Waals surface area contributed by atoms with E-state index >= 15 is 0 Å². The minimum Gasteiger partial charge on any atom is -0.396 e. The molecule has 0 radical (unpaired) electrons. The Bertz CT molecular complexity index is 410. The van der Waals surface area contributed by atoms with Crippen molar-refractivity contribution in [1.29, 1.82) is 0 Å². The van der Waals surface area contributed by atoms with E-state index in [0.29, 0.717) is 13.2 Å². The van der Waals surface area contributed by atoms with Gasteiger partial charge >= 0.3 is 0 Å². The van der Waals surface area contributed by atoms with E-state index < -0.39 is 0 Å². The quantitative estimate of drug-likeness (QED) is 0.875. The molecule has 1 unspecified atom stereocenters. The molecule has 3 nitrogen and oxygen atoms in total. The topological polar surface area (TPSA) is 41.5 Å². The zero-order valence-corrected chi connectivity index (χ0v) is 12.4. The second-order valence-electron chi connectivity index (χ2n) is 6.61. The smallest absolute Gasteiger partial charge is 0.0596 e. The van der Waals surface area contributed by atoms with Crippen LogP contribution in [0, 0.1) is 5.41 Å². The maximum Gasteiger partial charge on any atom is 0.0596 e. The third-order valence-electron chi connectivity index (χ3n) is 4.11. The Kier molecular flexibility index (Phi) is 4.00. The molecule has 0 aliphatic carbocycles. The van der Waals surface area contributed by atoms with E-state index in [1.54, 1.807) is 0 Å². The van der Waals surface area contributed by atoms with Gasteiger partial charge < -0.3 is 15.2 Å². The molecule has 1 atom stereocenters. The Hall–Kier alpha value is -0.900. The van der Waals surface area contributed by atoms with Crippen molar-refractivity contribution >= 4 is 0 Å². The lowest BCUT2D eigenvalue weighted by Crippen LogP contribution is -2.53. The lowest BCUT2D eigenvalue weighted by atomic mass is 9.75. The molecule has 1 aromatic carbocycles. The highest BCUT2D eigenvalue weighted by molar-refractivity contribution is 5.30. The summed E-state index contributed by atoms with van der Waals surface area (Å²) >= 11 is 0. The zero-order chi connectivity index (χ0) is 14.1. The van der Waals surface area contributed by atoms with Crippen LogP contribution in [0.4, 0.5) is 0 Å². The summed E-state index contributed by atoms with van der Waals surface area (Å²) in [6, 6.07) is 8.84. The maximum absolute atomic E-state index is 9.66. The third-order valence-corrected chi connectivity index (χ3v) is 4.11. The van der Waals surface area contributed by atoms with Crippen molar-refractivity contribution in [1.82, 2.24) is 5.32 Å². The van der Waals surface area contributed by atoms with Gasteiger partial charge in [0.25, 0.3) is 0 Å². The summed E-state index contributed by atoms with van der Waals surface area (Å²) in [5.74, 6) is 0. The van der Waals surface area contributed by atoms with E-state index in [9.17, 15) is 5.11 Å². The first-order valence-corrected chi connectivity index (χ1v) is 6.89. The van der Waals surface area contributed by atoms with E-state index in [0.717, 1.165) is 0 Å². The van der Waals surface area contributed by atoms with Crippen LogP contribution in [0.15, 0.2) is 24.3 Å². The second-order valence-corrected chi connectivity index (χ2v) is 6.61. The van der Waals surface area contributed by atoms with Crippen molar-refractivity contribution in [2.75, 3.05) is 26.9 Å². The number of benzene rings is 1. The summed E-state index contributed by atoms with van der Waals surface area (Å²) in [4.78, 5) is 0. The average molecular weight is 263 g/mol. The van der Waals surface area contributed by atoms with Crippen molar-refractivity contribution in [2.24, 2.45) is 5.41 Å². The number of aliphatic hydroxyl groups excluding tert-OH is 1. The number of rotatable bonds is 4. The molecule has 106 valence electrons. The predicted octanol–water partition coefficient (Wildman–Crippen LogP) is 2.25. The van der Waals surface area contributed by atoms with Gasteiger partial charge in [-0.25, -0.2) is 0 Å². The van der Waals surface area contributed by atoms with E-state index in [2.05, 4.69) is 50.4 Å². The number of nitrogens with one attached hydrogen (secondary N) is 1. The fourth-order valence-corrected chi connectivity index (χ4v) is 2.72. The van der Waals surface area contributed by atoms with Crippen molar-refractivity contribution in [3.05, 3.63) is 35.4 Å². The van der Waals surface area contributed by atoms with Gasteiger partial charge in [-0.15, -0.1) is 0 Å². The van der Waals surface area contributed by atoms with E-state index in [1.807, 2.05) is 7.05 Å². The second kappa shape index (κ2) is 5.23. The van der Waals surface area contributed by atoms with E-state index in [4.69, 9.17) is 4.74 Å². The van der Waals surface area contributed by atoms with Crippen LogP contribution >= 0.6 is 0 Å². The number of hydrogen-bond donors (Lipinski definition) is 2. The maximum atomic E-state index is 9.66. The average Bonchev–Trinajstić information content (AvgIpc) is 2.33. The molecule has 1 saturated heterocycles. The zero-order valence-electron chi connectivity index (χ0n) is 12.4. The Morgan fingerprint density at radius 2 is 1.84 bits per heavy atom. The molecule has 1 aliphatic rings. The van der Waals surface area contributed by atoms with Crippen LogP contribution in [-0.4, -0.2) is 32.0 Å². The molecule has 2 rings (SSSR count). The lowest BCUT2D eigenvalue weighted by molar-refractivity contribution is -0.155. The van der Waals surface area contributed by atoms with Gasteiger partial charge in [0, 0.05) is 6.04 Å². The van der Waals surface area contributed by atoms with Gasteiger partial charge in [-0.05, 0) is 23.6 Å². The first-order valence-electron chi connectivity index (χ1n) is 6.89. The molecule has 3 heteroatoms. The standard InChI is InChI=1S/C16H25NO2/c1-15(2,3)13-7-5-12(6-8-13)14(17-4)16(9-18)10-19-11-16/h5-8,14,17-18H,9-11H2,1-4H3. The number of ether oxygens (including phenoxy) is 1. The highest BCUT2D eigenvalue weighted by Gasteiger charge is 2.45. The van der Waals surface area contributed by atoms with Crippen LogP contribution in [-0.2, 0) is 10.2 Å². The third kappa shape index (κ3) is 2.69. The molecule has 0 aromatic heterocycles. The molecule has 1 aliphatic heterocycles. The normalized spacial score (nSPS) is 19.8. The summed E-state index contributed by atoms with van der Waals surface area (Å²) in [5, 5.41) is 13.0. The minimum atomic E-state index is -0.169. The van der Waals surface area contributed by atoms with Gasteiger partial charge in [0.05, 0.1) is 25.2 Å². The molecule has 0 amide bonds. The lowest BCUT2D eigenvalue weighted by Gasteiger charge is -2.46. The molecule has 0 saturated carbocycles. The Morgan fingerprint density at radius 1 is 1.26 bits per heavy atom. The van der Waals surface area contributed by atoms with Gasteiger partial charge in [-0.3, -0.25) is 0 Å². The molecule has 1 fully saturated rings. The Labute approximate surface area is 116 Å². The number of aliphatic hydroxyl groups is 1. The largest absolute Gasteiger partial charge is 0.396 e. The van der Waals surface area contributed by atoms with Crippen LogP contribution in [0.5, 0.6) is 0 Å². The van der Waals surface area contributed by atoms with Crippen molar-refractivity contribution in [3.63, 3.8) is 0 Å². The highest BCUT2D eigenvalue weighted by atomic mass is 16.5. The van der Waals surface area contributed by atoms with Crippen molar-refractivity contribution in [2.45, 2.75) is 32.2 Å². The molecule has 19 heavy (non-hydrogen) atoms. The summed E-state index contributed by atoms with van der Waals surface area (Å²) in [6.45, 7) is 8.04. The van der Waals surface area contributed by atoms with Crippen LogP contribution in [0.1, 0.15) is 37.9 Å². The molecule has 0 bridgehead atoms. The van der Waals surface area contributed by atoms with E-state index in [1.165, 1.54) is 11.1 Å². The number of hydrogen-bond acceptors (Lipinski definition) is 3. The molecular formula is C16H25NO2. The fourth-order valence-electron chi connectivity index (χ4n) is 2.72. The van der Waals surface area contributed by atoms with Crippen LogP contribution in [0.25, 0.3) is 0 Å². The van der Waals surface area contributed by atoms with Gasteiger partial charge in [-0.1, -0.05) is 45.0 Å². The predicted molar refractivity (Wildman–Crippen MR) is 77.3 cm³/mol. The highest BCUT2D eigenvalue weighted by Crippen LogP contribution is 2.40. The van der Waals surface area contributed by atoms with Crippen molar-refractivity contribution < 1.29 is 9.84 Å². The summed E-state index contributed by atoms with van der Waals surface area (Å²) < 4.78 is 5.31. The summed E-state index contributed by atoms with van der Waals surface area (Å²) in [6.07, 6.45) is 0. The van der Waals surface area contributed by atoms with Gasteiger partial charge in [0.2, 0.25) is 0 Å². The van der Waals surface area contributed by atoms with Crippen LogP contribution < -0.4 is 5.32 Å². The first-order chi connectivity index (χ1) is 8.93. The SMILES string of the molecule is CNC(c1ccc(C(C)(C)C)cc1)C1(CO)COC1. The van der Waals surface area contributed by atoms with Crippen LogP contribution in [0.3, 0.4) is 0 Å². The molecule has 0 spiro atoms. The van der Waals surface area contributed by atoms with Gasteiger partial charge in [0.15, 0.2) is 0 Å². The molecule has 2 N–H and O–H groups in total. The first kappa shape index (κ1) is 14.5. The van der Waals surface area contributed by atoms with Gasteiger partial charge in [-0.2, -0.15) is 0 Å². The summed E-state index contributed by atoms with van der Waals surface area (Å²) in [5.41, 5.74) is 2.54. The van der Waals surface area contributed by atoms with Crippen LogP contribution in [0.2, 0.25) is 0 Å². The Balaban J connectivity index is 2.25. The van der Waals surface area contributed by atoms with Gasteiger partial charge in [0.1, 0.15) is 0 Å². The summed E-state index contributed by atoms with van der Waals surface area (Å²) in [7, 11) is 1.94. The molecular weight excluding hydrogens is 238 g/mol. The minimum absolute atomic E-state index is 0.139. The monoisotopic (exact) mass is 263 g/mol. The Morgan fingerprint density at radius 3 is 2.16 bits per heavy atom. The molecule has 1 aromatic rings. The fraction of sp³-hybridized carbons (Fsp3) is 0.625. The van der Waals surface area contributed by atoms with E-state index in [-0.39, 0.29) is 23.5 Å².